The van der Waals surface area contributed by atoms with Gasteiger partial charge in [0.25, 0.3) is 0 Å². The maximum atomic E-state index is 5.78. The summed E-state index contributed by atoms with van der Waals surface area (Å²) in [5, 5.41) is 0. The zero-order valence-electron chi connectivity index (χ0n) is 34.9. The third-order valence-corrected chi connectivity index (χ3v) is 14.6. The number of H-pyrrole nitrogens is 2. The first-order valence-electron chi connectivity index (χ1n) is 20.6. The summed E-state index contributed by atoms with van der Waals surface area (Å²) in [4.78, 5) is 16.0. The Morgan fingerprint density at radius 1 is 0.344 bits per heavy atom. The Bertz CT molecular complexity index is 2410. The molecule has 0 atom stereocenters. The molecular formula is C52H50CoN4O4. The van der Waals surface area contributed by atoms with Crippen molar-refractivity contribution in [2.24, 2.45) is 0 Å². The molecule has 0 radical (unpaired) electrons. The fourth-order valence-corrected chi connectivity index (χ4v) is 11.9. The van der Waals surface area contributed by atoms with Crippen LogP contribution in [-0.4, -0.2) is 46.4 Å². The second-order valence-electron chi connectivity index (χ2n) is 13.8. The average molecular weight is 854 g/mol. The van der Waals surface area contributed by atoms with Crippen LogP contribution in [0.5, 0.6) is 23.0 Å². The van der Waals surface area contributed by atoms with Crippen LogP contribution < -0.4 is 36.9 Å². The van der Waals surface area contributed by atoms with E-state index < -0.39 is 12.6 Å². The number of hydrogen-bond donors (Lipinski definition) is 2. The second kappa shape index (κ2) is 19.1. The van der Waals surface area contributed by atoms with Gasteiger partial charge in [0.05, 0.1) is 22.8 Å². The predicted octanol–water partition coefficient (Wildman–Crippen LogP) is 9.69. The van der Waals surface area contributed by atoms with Crippen LogP contribution in [-0.2, 0) is 12.6 Å². The topological polar surface area (TPSA) is 94.3 Å². The van der Waals surface area contributed by atoms with Gasteiger partial charge < -0.3 is 9.97 Å². The second-order valence-corrected chi connectivity index (χ2v) is 17.8. The van der Waals surface area contributed by atoms with Gasteiger partial charge in [-0.25, -0.2) is 9.97 Å². The van der Waals surface area contributed by atoms with Gasteiger partial charge >= 0.3 is 224 Å². The van der Waals surface area contributed by atoms with Gasteiger partial charge in [-0.3, -0.25) is 0 Å². The van der Waals surface area contributed by atoms with E-state index in [0.717, 1.165) is 67.8 Å². The predicted molar refractivity (Wildman–Crippen MR) is 248 cm³/mol. The van der Waals surface area contributed by atoms with Crippen molar-refractivity contribution in [1.82, 2.24) is 19.9 Å². The molecule has 9 rings (SSSR count). The summed E-state index contributed by atoms with van der Waals surface area (Å²) in [6.45, 7) is 10.6. The molecule has 2 N–H and O–H groups in total. The zero-order valence-corrected chi connectivity index (χ0v) is 35.9. The van der Waals surface area contributed by atoms with Gasteiger partial charge in [-0.15, -0.1) is 0 Å². The van der Waals surface area contributed by atoms with Gasteiger partial charge in [-0.1, -0.05) is 0 Å². The molecule has 9 heteroatoms. The number of aromatic nitrogens is 4. The van der Waals surface area contributed by atoms with Crippen LogP contribution in [0.3, 0.4) is 0 Å². The SMILES string of the molecule is C1=Cc2cc3ccc(cc4nc(cc5ccc(cc1n2)[nH]5)C=C4)[nH]3.CCOc1cc[c]([Co]([c]2ccc(OCC)cc2)([c]2ccc(OCC)cc2)[c]2ccc(OCC)cc2)cc1. The first-order chi connectivity index (χ1) is 29.9. The number of nitrogens with one attached hydrogen (secondary N) is 2. The fourth-order valence-electron chi connectivity index (χ4n) is 7.04. The summed E-state index contributed by atoms with van der Waals surface area (Å²) >= 11 is -2.26. The molecule has 4 aromatic carbocycles. The van der Waals surface area contributed by atoms with E-state index in [4.69, 9.17) is 18.9 Å². The summed E-state index contributed by atoms with van der Waals surface area (Å²) in [5.41, 5.74) is 7.86. The Morgan fingerprint density at radius 2 is 0.574 bits per heavy atom. The molecule has 311 valence electrons. The van der Waals surface area contributed by atoms with Crippen molar-refractivity contribution in [1.29, 1.82) is 0 Å². The molecule has 0 saturated carbocycles. The van der Waals surface area contributed by atoms with E-state index >= 15 is 0 Å². The van der Waals surface area contributed by atoms with Gasteiger partial charge in [0, 0.05) is 22.1 Å². The summed E-state index contributed by atoms with van der Waals surface area (Å²) < 4.78 is 28.1. The molecule has 61 heavy (non-hydrogen) atoms. The molecule has 5 heterocycles. The molecule has 0 spiro atoms. The minimum absolute atomic E-state index is 0.635. The van der Waals surface area contributed by atoms with Crippen molar-refractivity contribution in [3.05, 3.63) is 168 Å². The fraction of sp³-hybridized carbons (Fsp3) is 0.154. The van der Waals surface area contributed by atoms with Crippen LogP contribution in [0.2, 0.25) is 0 Å². The van der Waals surface area contributed by atoms with E-state index in [1.807, 2.05) is 76.3 Å². The molecule has 0 saturated heterocycles. The Labute approximate surface area is 359 Å². The number of hydrogen-bond acceptors (Lipinski definition) is 6. The maximum absolute atomic E-state index is 5.78. The van der Waals surface area contributed by atoms with Crippen molar-refractivity contribution >= 4 is 64.4 Å². The van der Waals surface area contributed by atoms with Gasteiger partial charge in [0.1, 0.15) is 0 Å². The Hall–Kier alpha value is -6.81. The normalized spacial score (nSPS) is 12.0. The molecular weight excluding hydrogens is 804 g/mol. The number of fused-ring (bicyclic) bond motifs is 8. The summed E-state index contributed by atoms with van der Waals surface area (Å²) in [6, 6.07) is 50.6. The van der Waals surface area contributed by atoms with E-state index in [-0.39, 0.29) is 0 Å². The first kappa shape index (κ1) is 40.9. The van der Waals surface area contributed by atoms with Gasteiger partial charge in [-0.05, 0) is 72.8 Å². The number of rotatable bonds is 12. The van der Waals surface area contributed by atoms with Crippen LogP contribution >= 0.6 is 0 Å². The van der Waals surface area contributed by atoms with Gasteiger partial charge in [-0.2, -0.15) is 0 Å². The van der Waals surface area contributed by atoms with Crippen molar-refractivity contribution in [2.75, 3.05) is 26.4 Å². The molecule has 8 bridgehead atoms. The molecule has 2 aliphatic rings. The monoisotopic (exact) mass is 853 g/mol. The molecule has 0 fully saturated rings. The molecule has 8 nitrogen and oxygen atoms in total. The molecule has 0 aliphatic carbocycles. The minimum atomic E-state index is -2.26. The van der Waals surface area contributed by atoms with E-state index in [9.17, 15) is 0 Å². The van der Waals surface area contributed by atoms with E-state index in [1.54, 1.807) is 0 Å². The Balaban J connectivity index is 0.000000183. The third kappa shape index (κ3) is 9.49. The molecule has 3 aromatic heterocycles. The number of nitrogens with zero attached hydrogens (tertiary/aromatic N) is 2. The van der Waals surface area contributed by atoms with Crippen molar-refractivity contribution in [2.45, 2.75) is 27.7 Å². The number of aromatic amines is 2. The van der Waals surface area contributed by atoms with Crippen molar-refractivity contribution in [3.8, 4) is 23.0 Å². The van der Waals surface area contributed by atoms with Crippen LogP contribution in [0.15, 0.2) is 146 Å². The molecule has 7 aromatic rings. The van der Waals surface area contributed by atoms with Crippen LogP contribution in [0.25, 0.3) is 46.4 Å². The number of benzene rings is 4. The summed E-state index contributed by atoms with van der Waals surface area (Å²) in [7, 11) is 0. The zero-order chi connectivity index (χ0) is 42.0. The Kier molecular flexibility index (Phi) is 12.8. The Morgan fingerprint density at radius 3 is 0.787 bits per heavy atom. The van der Waals surface area contributed by atoms with E-state index in [1.165, 1.54) is 18.0 Å². The summed E-state index contributed by atoms with van der Waals surface area (Å²) in [6.07, 6.45) is 8.09. The van der Waals surface area contributed by atoms with Crippen LogP contribution in [0.1, 0.15) is 50.5 Å². The first-order valence-corrected chi connectivity index (χ1v) is 22.7. The van der Waals surface area contributed by atoms with Crippen LogP contribution in [0, 0.1) is 0 Å². The van der Waals surface area contributed by atoms with E-state index in [0.29, 0.717) is 26.4 Å². The molecule has 0 amide bonds. The standard InChI is InChI=1S/C20H14N4.4C8H9O.Co/c1-2-14-10-16-5-6-18(23-16)12-20-8-7-19(24-20)11-17-4-3-15(22-17)9-13(1)21-14;4*1-2-9-8-6-4-3-5-7-8;/h1-12,21,24H;4*4-7H,2H2,1H3;. The number of ether oxygens (including phenoxy) is 4. The van der Waals surface area contributed by atoms with Crippen LogP contribution in [0.4, 0.5) is 0 Å². The quantitative estimate of drug-likeness (QED) is 0.127. The van der Waals surface area contributed by atoms with Crippen molar-refractivity contribution in [3.63, 3.8) is 0 Å². The van der Waals surface area contributed by atoms with E-state index in [2.05, 4.69) is 141 Å². The average Bonchev–Trinajstić information content (AvgIpc) is 4.12. The third-order valence-electron chi connectivity index (χ3n) is 9.64. The van der Waals surface area contributed by atoms with Gasteiger partial charge in [0.2, 0.25) is 0 Å². The molecule has 0 unspecified atom stereocenters. The van der Waals surface area contributed by atoms with Crippen molar-refractivity contribution < 1.29 is 31.6 Å². The molecule has 2 aliphatic heterocycles. The summed E-state index contributed by atoms with van der Waals surface area (Å²) in [5.74, 6) is 3.48. The van der Waals surface area contributed by atoms with Gasteiger partial charge in [0.15, 0.2) is 0 Å².